The zero-order valence-corrected chi connectivity index (χ0v) is 20.3. The quantitative estimate of drug-likeness (QED) is 0.276. The van der Waals surface area contributed by atoms with Gasteiger partial charge in [0.1, 0.15) is 0 Å². The second-order valence-electron chi connectivity index (χ2n) is 9.61. The third kappa shape index (κ3) is 4.77. The van der Waals surface area contributed by atoms with Gasteiger partial charge in [-0.3, -0.25) is 0 Å². The van der Waals surface area contributed by atoms with E-state index in [0.717, 1.165) is 0 Å². The Bertz CT molecular complexity index is 1090. The van der Waals surface area contributed by atoms with Gasteiger partial charge in [-0.1, -0.05) is 108 Å². The van der Waals surface area contributed by atoms with Gasteiger partial charge in [0.15, 0.2) is 0 Å². The molecule has 1 radical (unpaired) electrons. The lowest BCUT2D eigenvalue weighted by Gasteiger charge is -2.33. The molecule has 1 nitrogen and oxygen atoms in total. The van der Waals surface area contributed by atoms with Crippen molar-refractivity contribution in [2.75, 3.05) is 0 Å². The van der Waals surface area contributed by atoms with Gasteiger partial charge in [-0.05, 0) is 70.5 Å². The van der Waals surface area contributed by atoms with Gasteiger partial charge in [0, 0.05) is 5.41 Å². The summed E-state index contributed by atoms with van der Waals surface area (Å²) in [5, 5.41) is 9.18. The molecule has 0 N–H and O–H groups in total. The van der Waals surface area contributed by atoms with E-state index in [1.165, 1.54) is 97.6 Å². The van der Waals surface area contributed by atoms with E-state index in [0.29, 0.717) is 5.56 Å². The monoisotopic (exact) mass is 434 g/mol. The molecule has 0 aromatic heterocycles. The van der Waals surface area contributed by atoms with Crippen LogP contribution in [0.5, 0.6) is 0 Å². The van der Waals surface area contributed by atoms with Crippen molar-refractivity contribution in [1.82, 2.24) is 0 Å². The molecular formula is C32H36N. The van der Waals surface area contributed by atoms with Crippen LogP contribution in [0.3, 0.4) is 0 Å². The van der Waals surface area contributed by atoms with Gasteiger partial charge in [0.05, 0.1) is 11.6 Å². The van der Waals surface area contributed by atoms with Gasteiger partial charge < -0.3 is 0 Å². The van der Waals surface area contributed by atoms with E-state index in [-0.39, 0.29) is 5.41 Å². The summed E-state index contributed by atoms with van der Waals surface area (Å²) in [6.07, 6.45) is 12.7. The first-order valence-electron chi connectivity index (χ1n) is 12.9. The molecule has 33 heavy (non-hydrogen) atoms. The average molecular weight is 435 g/mol. The Labute approximate surface area is 200 Å². The summed E-state index contributed by atoms with van der Waals surface area (Å²) in [4.78, 5) is 0. The number of hydrogen-bond donors (Lipinski definition) is 0. The second-order valence-corrected chi connectivity index (χ2v) is 9.61. The molecule has 0 atom stereocenters. The van der Waals surface area contributed by atoms with Gasteiger partial charge in [-0.2, -0.15) is 5.26 Å². The van der Waals surface area contributed by atoms with Crippen LogP contribution in [0.25, 0.3) is 22.3 Å². The summed E-state index contributed by atoms with van der Waals surface area (Å²) in [6.45, 7) is 4.58. The lowest BCUT2D eigenvalue weighted by molar-refractivity contribution is 0.400. The molecule has 0 fully saturated rings. The number of nitrogens with zero attached hydrogens (tertiary/aromatic N) is 1. The van der Waals surface area contributed by atoms with E-state index < -0.39 is 0 Å². The topological polar surface area (TPSA) is 23.8 Å². The lowest BCUT2D eigenvalue weighted by atomic mass is 9.70. The standard InChI is InChI=1S/C32H36N/c1-3-5-7-11-21-32(22-12-8-6-4-2)30-14-10-9-13-28(30)29-20-19-27(23-31(29)32)26-17-15-25(24-33)16-18-26/h9-10,13,15-20,23H,3-8,11-12,21-22H2,1-2H3. The predicted molar refractivity (Wildman–Crippen MR) is 139 cm³/mol. The van der Waals surface area contributed by atoms with Crippen molar-refractivity contribution < 1.29 is 0 Å². The molecule has 3 aromatic rings. The van der Waals surface area contributed by atoms with Crippen molar-refractivity contribution in [3.8, 4) is 28.3 Å². The van der Waals surface area contributed by atoms with Crippen molar-refractivity contribution in [1.29, 1.82) is 5.26 Å². The Kier molecular flexibility index (Phi) is 7.66. The van der Waals surface area contributed by atoms with Crippen molar-refractivity contribution >= 4 is 0 Å². The number of unbranched alkanes of at least 4 members (excludes halogenated alkanes) is 6. The average Bonchev–Trinajstić information content (AvgIpc) is 3.14. The van der Waals surface area contributed by atoms with Gasteiger partial charge in [-0.15, -0.1) is 0 Å². The predicted octanol–water partition coefficient (Wildman–Crippen LogP) is 9.23. The largest absolute Gasteiger partial charge is 0.192 e. The maximum absolute atomic E-state index is 9.18. The molecule has 1 heteroatoms. The molecule has 0 heterocycles. The Morgan fingerprint density at radius 1 is 0.758 bits per heavy atom. The van der Waals surface area contributed by atoms with Crippen LogP contribution in [-0.4, -0.2) is 0 Å². The van der Waals surface area contributed by atoms with Crippen molar-refractivity contribution in [2.24, 2.45) is 0 Å². The van der Waals surface area contributed by atoms with Crippen LogP contribution >= 0.6 is 0 Å². The lowest BCUT2D eigenvalue weighted by Crippen LogP contribution is -2.25. The Morgan fingerprint density at radius 3 is 2.06 bits per heavy atom. The Hall–Kier alpha value is -2.85. The van der Waals surface area contributed by atoms with Crippen molar-refractivity contribution in [3.63, 3.8) is 0 Å². The van der Waals surface area contributed by atoms with E-state index in [9.17, 15) is 5.26 Å². The van der Waals surface area contributed by atoms with E-state index in [1.54, 1.807) is 0 Å². The number of nitriles is 1. The molecule has 0 amide bonds. The maximum atomic E-state index is 9.18. The first kappa shape index (κ1) is 23.3. The third-order valence-corrected chi connectivity index (χ3v) is 7.42. The molecule has 1 aliphatic carbocycles. The summed E-state index contributed by atoms with van der Waals surface area (Å²) in [5.74, 6) is 0. The van der Waals surface area contributed by atoms with Crippen molar-refractivity contribution in [2.45, 2.75) is 83.5 Å². The van der Waals surface area contributed by atoms with Gasteiger partial charge in [0.2, 0.25) is 0 Å². The highest BCUT2D eigenvalue weighted by Gasteiger charge is 2.42. The number of rotatable bonds is 11. The number of hydrogen-bond acceptors (Lipinski definition) is 1. The minimum atomic E-state index is 0.0655. The Morgan fingerprint density at radius 2 is 1.42 bits per heavy atom. The van der Waals surface area contributed by atoms with Crippen LogP contribution in [0, 0.1) is 17.4 Å². The fourth-order valence-corrected chi connectivity index (χ4v) is 5.64. The molecule has 0 aliphatic heterocycles. The van der Waals surface area contributed by atoms with E-state index in [1.807, 2.05) is 12.1 Å². The molecule has 1 aliphatic rings. The normalized spacial score (nSPS) is 13.4. The maximum Gasteiger partial charge on any atom is 0.0991 e. The highest BCUT2D eigenvalue weighted by Crippen LogP contribution is 2.54. The minimum absolute atomic E-state index is 0.0655. The number of fused-ring (bicyclic) bond motifs is 3. The van der Waals surface area contributed by atoms with Gasteiger partial charge >= 0.3 is 0 Å². The molecular weight excluding hydrogens is 398 g/mol. The van der Waals surface area contributed by atoms with Crippen LogP contribution in [0.2, 0.25) is 0 Å². The molecule has 0 saturated heterocycles. The molecule has 0 unspecified atom stereocenters. The summed E-state index contributed by atoms with van der Waals surface area (Å²) in [7, 11) is 0. The molecule has 0 spiro atoms. The van der Waals surface area contributed by atoms with Crippen LogP contribution in [-0.2, 0) is 5.41 Å². The zero-order chi connectivity index (χ0) is 23.1. The van der Waals surface area contributed by atoms with E-state index in [2.05, 4.69) is 74.5 Å². The molecule has 169 valence electrons. The SMILES string of the molecule is CCCCCCC1(CCCCCC)c2[c]cccc2-c2ccc(-c3ccc(C#N)cc3)cc21. The molecule has 3 aromatic carbocycles. The number of benzene rings is 3. The highest BCUT2D eigenvalue weighted by molar-refractivity contribution is 5.83. The first-order chi connectivity index (χ1) is 16.2. The van der Waals surface area contributed by atoms with Gasteiger partial charge in [0.25, 0.3) is 0 Å². The smallest absolute Gasteiger partial charge is 0.0991 e. The van der Waals surface area contributed by atoms with Crippen molar-refractivity contribution in [3.05, 3.63) is 83.4 Å². The van der Waals surface area contributed by atoms with Crippen LogP contribution in [0.4, 0.5) is 0 Å². The Balaban J connectivity index is 1.77. The third-order valence-electron chi connectivity index (χ3n) is 7.42. The van der Waals surface area contributed by atoms with Crippen LogP contribution < -0.4 is 0 Å². The van der Waals surface area contributed by atoms with Crippen LogP contribution in [0.1, 0.15) is 94.7 Å². The highest BCUT2D eigenvalue weighted by atomic mass is 14.4. The summed E-state index contributed by atoms with van der Waals surface area (Å²) >= 11 is 0. The summed E-state index contributed by atoms with van der Waals surface area (Å²) in [5.41, 5.74) is 8.90. The van der Waals surface area contributed by atoms with Gasteiger partial charge in [-0.25, -0.2) is 0 Å². The second kappa shape index (κ2) is 10.8. The zero-order valence-electron chi connectivity index (χ0n) is 20.3. The summed E-state index contributed by atoms with van der Waals surface area (Å²) in [6, 6.07) is 27.5. The fraction of sp³-hybridized carbons (Fsp3) is 0.406. The minimum Gasteiger partial charge on any atom is -0.192 e. The fourth-order valence-electron chi connectivity index (χ4n) is 5.64. The van der Waals surface area contributed by atoms with E-state index >= 15 is 0 Å². The van der Waals surface area contributed by atoms with Crippen LogP contribution in [0.15, 0.2) is 60.7 Å². The molecule has 0 saturated carbocycles. The summed E-state index contributed by atoms with van der Waals surface area (Å²) < 4.78 is 0. The first-order valence-corrected chi connectivity index (χ1v) is 12.9. The molecule has 4 rings (SSSR count). The molecule has 0 bridgehead atoms. The van der Waals surface area contributed by atoms with E-state index in [4.69, 9.17) is 0 Å².